The van der Waals surface area contributed by atoms with Gasteiger partial charge in [-0.15, -0.1) is 6.58 Å². The van der Waals surface area contributed by atoms with Crippen molar-refractivity contribution in [2.45, 2.75) is 32.3 Å². The van der Waals surface area contributed by atoms with E-state index >= 15 is 0 Å². The van der Waals surface area contributed by atoms with Crippen LogP contribution in [0.1, 0.15) is 26.2 Å². The Morgan fingerprint density at radius 2 is 2.40 bits per heavy atom. The van der Waals surface area contributed by atoms with Gasteiger partial charge in [-0.2, -0.15) is 0 Å². The number of hydrogen-bond donors (Lipinski definition) is 0. The van der Waals surface area contributed by atoms with Crippen molar-refractivity contribution in [3.8, 4) is 0 Å². The molecule has 0 amide bonds. The van der Waals surface area contributed by atoms with Crippen LogP contribution in [0.4, 0.5) is 0 Å². The molecule has 0 saturated carbocycles. The van der Waals surface area contributed by atoms with Crippen LogP contribution in [0, 0.1) is 0 Å². The van der Waals surface area contributed by atoms with Crippen molar-refractivity contribution in [3.05, 3.63) is 12.7 Å². The fraction of sp³-hybridized carbons (Fsp3) is 0.625. The van der Waals surface area contributed by atoms with Gasteiger partial charge in [0, 0.05) is 0 Å². The van der Waals surface area contributed by atoms with Crippen molar-refractivity contribution in [2.24, 2.45) is 0 Å². The molecule has 0 aromatic rings. The van der Waals surface area contributed by atoms with Gasteiger partial charge in [-0.25, -0.2) is 0 Å². The van der Waals surface area contributed by atoms with Gasteiger partial charge in [0.25, 0.3) is 6.47 Å². The highest BCUT2D eigenvalue weighted by atomic mass is 16.5. The molecule has 0 heterocycles. The van der Waals surface area contributed by atoms with Crippen molar-refractivity contribution in [3.63, 3.8) is 0 Å². The maximum Gasteiger partial charge on any atom is 0.293 e. The summed E-state index contributed by atoms with van der Waals surface area (Å²) < 4.78 is 4.67. The van der Waals surface area contributed by atoms with Gasteiger partial charge >= 0.3 is 0 Å². The average Bonchev–Trinajstić information content (AvgIpc) is 1.89. The highest BCUT2D eigenvalue weighted by molar-refractivity contribution is 5.37. The third-order valence-corrected chi connectivity index (χ3v) is 1.31. The molecule has 0 rings (SSSR count). The Hall–Kier alpha value is -0.790. The van der Waals surface area contributed by atoms with Gasteiger partial charge in [-0.05, 0) is 26.2 Å². The van der Waals surface area contributed by atoms with E-state index in [2.05, 4.69) is 11.3 Å². The van der Waals surface area contributed by atoms with Gasteiger partial charge < -0.3 is 4.74 Å². The molecular formula is C8H14O2. The van der Waals surface area contributed by atoms with Crippen LogP contribution in [0.3, 0.4) is 0 Å². The molecule has 0 fully saturated rings. The number of carbonyl (C=O) groups is 1. The molecule has 1 atom stereocenters. The number of carbonyl (C=O) groups excluding carboxylic acids is 1. The minimum atomic E-state index is 0.0532. The summed E-state index contributed by atoms with van der Waals surface area (Å²) in [6.07, 6.45) is 4.88. The van der Waals surface area contributed by atoms with Crippen LogP contribution in [0.25, 0.3) is 0 Å². The summed E-state index contributed by atoms with van der Waals surface area (Å²) in [5, 5.41) is 0. The quantitative estimate of drug-likeness (QED) is 0.321. The van der Waals surface area contributed by atoms with Crippen LogP contribution in [0.15, 0.2) is 12.7 Å². The second-order valence-corrected chi connectivity index (χ2v) is 2.26. The molecule has 0 unspecified atom stereocenters. The lowest BCUT2D eigenvalue weighted by molar-refractivity contribution is -0.133. The third-order valence-electron chi connectivity index (χ3n) is 1.31. The summed E-state index contributed by atoms with van der Waals surface area (Å²) >= 11 is 0. The second-order valence-electron chi connectivity index (χ2n) is 2.26. The predicted octanol–water partition coefficient (Wildman–Crippen LogP) is 1.90. The van der Waals surface area contributed by atoms with Crippen LogP contribution >= 0.6 is 0 Å². The molecule has 58 valence electrons. The normalized spacial score (nSPS) is 12.1. The number of rotatable bonds is 6. The zero-order valence-corrected chi connectivity index (χ0v) is 6.38. The van der Waals surface area contributed by atoms with Crippen molar-refractivity contribution in [1.82, 2.24) is 0 Å². The number of ether oxygens (including phenoxy) is 1. The molecule has 0 aliphatic carbocycles. The highest BCUT2D eigenvalue weighted by Gasteiger charge is 1.98. The smallest absolute Gasteiger partial charge is 0.293 e. The Bertz CT molecular complexity index is 99.4. The molecule has 0 aliphatic rings. The van der Waals surface area contributed by atoms with E-state index in [1.54, 1.807) is 0 Å². The standard InChI is InChI=1S/C8H14O2/c1-3-4-5-6-8(2)10-7-9/h3,7-8H,1,4-6H2,2H3/t8-/m1/s1. The molecule has 0 aliphatic heterocycles. The maximum atomic E-state index is 9.81. The number of hydrogen-bond acceptors (Lipinski definition) is 2. The fourth-order valence-corrected chi connectivity index (χ4v) is 0.713. The first-order valence-corrected chi connectivity index (χ1v) is 3.51. The Labute approximate surface area is 61.9 Å². The molecule has 0 aromatic carbocycles. The first-order chi connectivity index (χ1) is 4.81. The van der Waals surface area contributed by atoms with E-state index in [0.29, 0.717) is 6.47 Å². The summed E-state index contributed by atoms with van der Waals surface area (Å²) in [5.74, 6) is 0. The van der Waals surface area contributed by atoms with E-state index in [1.165, 1.54) is 0 Å². The summed E-state index contributed by atoms with van der Waals surface area (Å²) in [6, 6.07) is 0. The highest BCUT2D eigenvalue weighted by Crippen LogP contribution is 2.02. The van der Waals surface area contributed by atoms with Gasteiger partial charge in [-0.1, -0.05) is 6.08 Å². The maximum absolute atomic E-state index is 9.81. The predicted molar refractivity (Wildman–Crippen MR) is 40.7 cm³/mol. The molecular weight excluding hydrogens is 128 g/mol. The van der Waals surface area contributed by atoms with Crippen molar-refractivity contribution in [2.75, 3.05) is 0 Å². The van der Waals surface area contributed by atoms with Crippen LogP contribution in [-0.2, 0) is 9.53 Å². The summed E-state index contributed by atoms with van der Waals surface area (Å²) in [7, 11) is 0. The molecule has 0 radical (unpaired) electrons. The number of unbranched alkanes of at least 4 members (excludes halogenated alkanes) is 1. The van der Waals surface area contributed by atoms with Crippen molar-refractivity contribution in [1.29, 1.82) is 0 Å². The molecule has 0 bridgehead atoms. The van der Waals surface area contributed by atoms with Gasteiger partial charge in [0.1, 0.15) is 0 Å². The van der Waals surface area contributed by atoms with Gasteiger partial charge in [0.05, 0.1) is 6.10 Å². The van der Waals surface area contributed by atoms with E-state index in [4.69, 9.17) is 0 Å². The lowest BCUT2D eigenvalue weighted by Gasteiger charge is -2.06. The van der Waals surface area contributed by atoms with E-state index in [0.717, 1.165) is 19.3 Å². The van der Waals surface area contributed by atoms with Crippen molar-refractivity contribution >= 4 is 6.47 Å². The lowest BCUT2D eigenvalue weighted by atomic mass is 10.2. The minimum Gasteiger partial charge on any atom is -0.465 e. The zero-order chi connectivity index (χ0) is 7.82. The zero-order valence-electron chi connectivity index (χ0n) is 6.38. The first kappa shape index (κ1) is 9.21. The van der Waals surface area contributed by atoms with Gasteiger partial charge in [0.15, 0.2) is 0 Å². The minimum absolute atomic E-state index is 0.0532. The molecule has 0 N–H and O–H groups in total. The average molecular weight is 142 g/mol. The van der Waals surface area contributed by atoms with Gasteiger partial charge in [-0.3, -0.25) is 4.79 Å². The van der Waals surface area contributed by atoms with Crippen LogP contribution < -0.4 is 0 Å². The molecule has 0 saturated heterocycles. The molecule has 2 heteroatoms. The van der Waals surface area contributed by atoms with E-state index in [-0.39, 0.29) is 6.10 Å². The Morgan fingerprint density at radius 3 is 2.90 bits per heavy atom. The lowest BCUT2D eigenvalue weighted by Crippen LogP contribution is -2.05. The van der Waals surface area contributed by atoms with Gasteiger partial charge in [0.2, 0.25) is 0 Å². The SMILES string of the molecule is C=CCCC[C@@H](C)OC=O. The van der Waals surface area contributed by atoms with Crippen LogP contribution in [0.2, 0.25) is 0 Å². The molecule has 10 heavy (non-hydrogen) atoms. The monoisotopic (exact) mass is 142 g/mol. The first-order valence-electron chi connectivity index (χ1n) is 3.51. The number of allylic oxidation sites excluding steroid dienone is 1. The Morgan fingerprint density at radius 1 is 1.70 bits per heavy atom. The van der Waals surface area contributed by atoms with E-state index in [1.807, 2.05) is 13.0 Å². The Kier molecular flexibility index (Phi) is 5.83. The molecule has 0 spiro atoms. The summed E-state index contributed by atoms with van der Waals surface area (Å²) in [4.78, 5) is 9.81. The Balaban J connectivity index is 3.11. The van der Waals surface area contributed by atoms with E-state index < -0.39 is 0 Å². The third kappa shape index (κ3) is 5.35. The largest absolute Gasteiger partial charge is 0.465 e. The summed E-state index contributed by atoms with van der Waals surface area (Å²) in [5.41, 5.74) is 0. The summed E-state index contributed by atoms with van der Waals surface area (Å²) in [6.45, 7) is 5.98. The van der Waals surface area contributed by atoms with E-state index in [9.17, 15) is 4.79 Å². The van der Waals surface area contributed by atoms with Crippen molar-refractivity contribution < 1.29 is 9.53 Å². The molecule has 0 aromatic heterocycles. The van der Waals surface area contributed by atoms with Crippen LogP contribution in [-0.4, -0.2) is 12.6 Å². The fourth-order valence-electron chi connectivity index (χ4n) is 0.713. The topological polar surface area (TPSA) is 26.3 Å². The van der Waals surface area contributed by atoms with Crippen LogP contribution in [0.5, 0.6) is 0 Å². The molecule has 2 nitrogen and oxygen atoms in total. The second kappa shape index (κ2) is 6.33.